The van der Waals surface area contributed by atoms with Gasteiger partial charge in [-0.05, 0) is 6.42 Å². The maximum absolute atomic E-state index is 11.9. The van der Waals surface area contributed by atoms with Crippen molar-refractivity contribution in [1.29, 1.82) is 0 Å². The Labute approximate surface area is 94.3 Å². The van der Waals surface area contributed by atoms with Crippen molar-refractivity contribution in [2.24, 2.45) is 0 Å². The molecule has 1 heterocycles. The first kappa shape index (κ1) is 11.9. The summed E-state index contributed by atoms with van der Waals surface area (Å²) in [6, 6.07) is 0. The molecule has 0 unspecified atom stereocenters. The first-order chi connectivity index (χ1) is 7.29. The molecule has 0 aliphatic carbocycles. The quantitative estimate of drug-likeness (QED) is 0.718. The van der Waals surface area contributed by atoms with Crippen molar-refractivity contribution in [3.8, 4) is 0 Å². The number of carbonyl (C=O) groups excluding carboxylic acids is 1. The summed E-state index contributed by atoms with van der Waals surface area (Å²) in [4.78, 5) is 21.3. The normalized spacial score (nSPS) is 10.0. The minimum absolute atomic E-state index is 0.0573. The number of hydrogen-bond acceptors (Lipinski definition) is 3. The van der Waals surface area contributed by atoms with E-state index in [9.17, 15) is 4.79 Å². The molecule has 15 heavy (non-hydrogen) atoms. The van der Waals surface area contributed by atoms with E-state index in [1.807, 2.05) is 6.92 Å². The lowest BCUT2D eigenvalue weighted by Crippen LogP contribution is -2.33. The molecule has 0 aliphatic rings. The van der Waals surface area contributed by atoms with E-state index in [4.69, 9.17) is 11.6 Å². The third-order valence-electron chi connectivity index (χ3n) is 1.94. The molecule has 0 saturated carbocycles. The molecule has 0 radical (unpaired) electrons. The molecule has 5 heteroatoms. The van der Waals surface area contributed by atoms with E-state index in [-0.39, 0.29) is 5.91 Å². The molecule has 0 saturated heterocycles. The van der Waals surface area contributed by atoms with Gasteiger partial charge in [0.2, 0.25) is 0 Å². The molecular weight excluding hydrogens is 214 g/mol. The first-order valence-electron chi connectivity index (χ1n) is 4.89. The monoisotopic (exact) mass is 227 g/mol. The number of carbonyl (C=O) groups is 1. The molecule has 1 rings (SSSR count). The molecule has 1 amide bonds. The number of hydrogen-bond donors (Lipinski definition) is 0. The van der Waals surface area contributed by atoms with Gasteiger partial charge in [-0.25, -0.2) is 9.97 Å². The van der Waals surface area contributed by atoms with Gasteiger partial charge in [-0.1, -0.05) is 6.92 Å². The third kappa shape index (κ3) is 3.47. The number of aromatic nitrogens is 2. The molecule has 0 N–H and O–H groups in total. The molecule has 0 fully saturated rings. The van der Waals surface area contributed by atoms with Crippen LogP contribution in [-0.4, -0.2) is 39.7 Å². The summed E-state index contributed by atoms with van der Waals surface area (Å²) in [5.41, 5.74) is 0.510. The van der Waals surface area contributed by atoms with Crippen LogP contribution < -0.4 is 0 Å². The summed E-state index contributed by atoms with van der Waals surface area (Å²) in [6.45, 7) is 3.29. The molecule has 82 valence electrons. The fourth-order valence-electron chi connectivity index (χ4n) is 1.28. The van der Waals surface area contributed by atoms with E-state index in [0.717, 1.165) is 6.42 Å². The molecule has 0 atom stereocenters. The van der Waals surface area contributed by atoms with Crippen molar-refractivity contribution >= 4 is 17.5 Å². The standard InChI is InChI=1S/C10H14ClN3O/c1-2-4-14(5-3-11)10(15)9-6-12-8-13-7-9/h6-8H,2-5H2,1H3. The summed E-state index contributed by atoms with van der Waals surface area (Å²) in [6.07, 6.45) is 5.36. The van der Waals surface area contributed by atoms with Crippen LogP contribution in [0.5, 0.6) is 0 Å². The maximum atomic E-state index is 11.9. The van der Waals surface area contributed by atoms with Gasteiger partial charge in [0, 0.05) is 31.4 Å². The van der Waals surface area contributed by atoms with Crippen LogP contribution in [0.1, 0.15) is 23.7 Å². The molecule has 1 aromatic heterocycles. The summed E-state index contributed by atoms with van der Waals surface area (Å²) >= 11 is 5.64. The SMILES string of the molecule is CCCN(CCCl)C(=O)c1cncnc1. The van der Waals surface area contributed by atoms with Gasteiger partial charge < -0.3 is 4.90 Å². The Balaban J connectivity index is 2.71. The number of nitrogens with zero attached hydrogens (tertiary/aromatic N) is 3. The lowest BCUT2D eigenvalue weighted by Gasteiger charge is -2.20. The van der Waals surface area contributed by atoms with Crippen LogP contribution in [0.15, 0.2) is 18.7 Å². The number of halogens is 1. The lowest BCUT2D eigenvalue weighted by molar-refractivity contribution is 0.0764. The largest absolute Gasteiger partial charge is 0.337 e. The molecule has 0 bridgehead atoms. The van der Waals surface area contributed by atoms with Crippen LogP contribution in [0.3, 0.4) is 0 Å². The van der Waals surface area contributed by atoms with E-state index in [1.165, 1.54) is 18.7 Å². The van der Waals surface area contributed by atoms with Gasteiger partial charge in [-0.3, -0.25) is 4.79 Å². The second-order valence-electron chi connectivity index (χ2n) is 3.11. The summed E-state index contributed by atoms with van der Waals surface area (Å²) < 4.78 is 0. The predicted molar refractivity (Wildman–Crippen MR) is 58.9 cm³/mol. The van der Waals surface area contributed by atoms with E-state index < -0.39 is 0 Å². The van der Waals surface area contributed by atoms with Crippen molar-refractivity contribution in [3.63, 3.8) is 0 Å². The van der Waals surface area contributed by atoms with Gasteiger partial charge in [0.05, 0.1) is 5.56 Å². The smallest absolute Gasteiger partial charge is 0.257 e. The van der Waals surface area contributed by atoms with E-state index in [1.54, 1.807) is 4.90 Å². The predicted octanol–water partition coefficient (Wildman–Crippen LogP) is 1.57. The minimum atomic E-state index is -0.0573. The van der Waals surface area contributed by atoms with E-state index >= 15 is 0 Å². The van der Waals surface area contributed by atoms with Gasteiger partial charge in [0.15, 0.2) is 0 Å². The van der Waals surface area contributed by atoms with Crippen LogP contribution >= 0.6 is 11.6 Å². The Morgan fingerprint density at radius 3 is 2.60 bits per heavy atom. The zero-order valence-electron chi connectivity index (χ0n) is 8.69. The van der Waals surface area contributed by atoms with Crippen LogP contribution in [-0.2, 0) is 0 Å². The highest BCUT2D eigenvalue weighted by molar-refractivity contribution is 6.18. The average molecular weight is 228 g/mol. The Morgan fingerprint density at radius 2 is 2.07 bits per heavy atom. The molecule has 1 aromatic rings. The highest BCUT2D eigenvalue weighted by Gasteiger charge is 2.14. The lowest BCUT2D eigenvalue weighted by atomic mass is 10.3. The highest BCUT2D eigenvalue weighted by atomic mass is 35.5. The maximum Gasteiger partial charge on any atom is 0.257 e. The Morgan fingerprint density at radius 1 is 1.40 bits per heavy atom. The highest BCUT2D eigenvalue weighted by Crippen LogP contribution is 2.03. The van der Waals surface area contributed by atoms with Crippen LogP contribution in [0.25, 0.3) is 0 Å². The average Bonchev–Trinajstić information content (AvgIpc) is 2.29. The van der Waals surface area contributed by atoms with Crippen molar-refractivity contribution in [1.82, 2.24) is 14.9 Å². The molecule has 0 spiro atoms. The van der Waals surface area contributed by atoms with Crippen LogP contribution in [0.2, 0.25) is 0 Å². The zero-order valence-corrected chi connectivity index (χ0v) is 9.44. The topological polar surface area (TPSA) is 46.1 Å². The fraction of sp³-hybridized carbons (Fsp3) is 0.500. The van der Waals surface area contributed by atoms with Crippen molar-refractivity contribution in [3.05, 3.63) is 24.3 Å². The summed E-state index contributed by atoms with van der Waals surface area (Å²) in [5, 5.41) is 0. The number of alkyl halides is 1. The number of rotatable bonds is 5. The Kier molecular flexibility index (Phi) is 5.04. The second kappa shape index (κ2) is 6.35. The zero-order chi connectivity index (χ0) is 11.1. The van der Waals surface area contributed by atoms with Gasteiger partial charge in [-0.15, -0.1) is 11.6 Å². The van der Waals surface area contributed by atoms with Crippen molar-refractivity contribution in [2.75, 3.05) is 19.0 Å². The Bertz CT molecular complexity index is 299. The van der Waals surface area contributed by atoms with Gasteiger partial charge in [-0.2, -0.15) is 0 Å². The van der Waals surface area contributed by atoms with E-state index in [0.29, 0.717) is 24.5 Å². The van der Waals surface area contributed by atoms with Crippen LogP contribution in [0, 0.1) is 0 Å². The molecule has 0 aliphatic heterocycles. The third-order valence-corrected chi connectivity index (χ3v) is 2.11. The van der Waals surface area contributed by atoms with Gasteiger partial charge in [0.1, 0.15) is 6.33 Å². The fourth-order valence-corrected chi connectivity index (χ4v) is 1.48. The molecular formula is C10H14ClN3O. The first-order valence-corrected chi connectivity index (χ1v) is 5.43. The van der Waals surface area contributed by atoms with Gasteiger partial charge in [0.25, 0.3) is 5.91 Å². The second-order valence-corrected chi connectivity index (χ2v) is 3.49. The number of amides is 1. The summed E-state index contributed by atoms with van der Waals surface area (Å²) in [5.74, 6) is 0.387. The van der Waals surface area contributed by atoms with Crippen LogP contribution in [0.4, 0.5) is 0 Å². The van der Waals surface area contributed by atoms with Gasteiger partial charge >= 0.3 is 0 Å². The molecule has 4 nitrogen and oxygen atoms in total. The van der Waals surface area contributed by atoms with Crippen molar-refractivity contribution in [2.45, 2.75) is 13.3 Å². The molecule has 0 aromatic carbocycles. The Hall–Kier alpha value is -1.16. The van der Waals surface area contributed by atoms with Crippen molar-refractivity contribution < 1.29 is 4.79 Å². The van der Waals surface area contributed by atoms with E-state index in [2.05, 4.69) is 9.97 Å². The summed E-state index contributed by atoms with van der Waals surface area (Å²) in [7, 11) is 0. The minimum Gasteiger partial charge on any atom is -0.337 e.